The van der Waals surface area contributed by atoms with E-state index in [0.717, 1.165) is 26.1 Å². The lowest BCUT2D eigenvalue weighted by atomic mass is 9.79. The second kappa shape index (κ2) is 11.7. The van der Waals surface area contributed by atoms with Crippen molar-refractivity contribution in [1.82, 2.24) is 14.8 Å². The molecule has 1 aliphatic carbocycles. The van der Waals surface area contributed by atoms with Gasteiger partial charge in [0, 0.05) is 48.5 Å². The Bertz CT molecular complexity index is 1200. The van der Waals surface area contributed by atoms with Crippen LogP contribution in [0.1, 0.15) is 25.0 Å². The lowest BCUT2D eigenvalue weighted by molar-refractivity contribution is -0.134. The molecule has 1 aromatic heterocycles. The number of nitrogens with zero attached hydrogens (tertiary/aromatic N) is 2. The van der Waals surface area contributed by atoms with Crippen LogP contribution in [0.5, 0.6) is 0 Å². The Morgan fingerprint density at radius 2 is 1.80 bits per heavy atom. The minimum atomic E-state index is -0.0445. The van der Waals surface area contributed by atoms with Crippen molar-refractivity contribution in [1.29, 1.82) is 0 Å². The van der Waals surface area contributed by atoms with Gasteiger partial charge in [0.2, 0.25) is 5.91 Å². The van der Waals surface area contributed by atoms with Gasteiger partial charge in [-0.05, 0) is 68.3 Å². The molecule has 9 heteroatoms. The number of amides is 1. The van der Waals surface area contributed by atoms with Crippen LogP contribution in [0.2, 0.25) is 0 Å². The summed E-state index contributed by atoms with van der Waals surface area (Å²) >= 11 is 0. The van der Waals surface area contributed by atoms with Crippen LogP contribution in [-0.4, -0.2) is 53.4 Å². The van der Waals surface area contributed by atoms with Crippen molar-refractivity contribution in [2.75, 3.05) is 43.9 Å². The van der Waals surface area contributed by atoms with Crippen molar-refractivity contribution in [2.24, 2.45) is 5.92 Å². The molecule has 0 saturated carbocycles. The van der Waals surface area contributed by atoms with Crippen LogP contribution in [0, 0.1) is 5.92 Å². The summed E-state index contributed by atoms with van der Waals surface area (Å²) in [5.41, 5.74) is 23.2. The van der Waals surface area contributed by atoms with Crippen LogP contribution in [0.3, 0.4) is 0 Å². The number of likely N-dealkylation sites (N-methyl/N-ethyl adjacent to an activating group) is 1. The molecular formula is C26H36Cl2N6O. The van der Waals surface area contributed by atoms with E-state index in [2.05, 4.69) is 61.3 Å². The van der Waals surface area contributed by atoms with Gasteiger partial charge in [-0.25, -0.2) is 0 Å². The monoisotopic (exact) mass is 518 g/mol. The highest BCUT2D eigenvalue weighted by Gasteiger charge is 2.36. The maximum Gasteiger partial charge on any atom is 0.230 e. The maximum absolute atomic E-state index is 12.9. The first-order valence-electron chi connectivity index (χ1n) is 11.5. The van der Waals surface area contributed by atoms with Crippen LogP contribution in [0.4, 0.5) is 17.1 Å². The van der Waals surface area contributed by atoms with Gasteiger partial charge in [-0.2, -0.15) is 0 Å². The average Bonchev–Trinajstić information content (AvgIpc) is 3.22. The summed E-state index contributed by atoms with van der Waals surface area (Å²) in [6.07, 6.45) is 5.41. The number of hydrogen-bond acceptors (Lipinski definition) is 5. The summed E-state index contributed by atoms with van der Waals surface area (Å²) < 4.78 is 0. The lowest BCUT2D eigenvalue weighted by Gasteiger charge is -2.40. The first-order chi connectivity index (χ1) is 15.8. The van der Waals surface area contributed by atoms with Crippen molar-refractivity contribution in [2.45, 2.75) is 26.3 Å². The number of benzene rings is 2. The minimum Gasteiger partial charge on any atom is -0.399 e. The molecule has 190 valence electrons. The van der Waals surface area contributed by atoms with Gasteiger partial charge in [-0.15, -0.1) is 24.8 Å². The summed E-state index contributed by atoms with van der Waals surface area (Å²) in [6.45, 7) is 6.47. The molecule has 2 aromatic carbocycles. The number of aromatic nitrogens is 1. The first-order valence-corrected chi connectivity index (χ1v) is 11.5. The van der Waals surface area contributed by atoms with Gasteiger partial charge in [-0.3, -0.25) is 9.69 Å². The van der Waals surface area contributed by atoms with E-state index in [1.807, 2.05) is 4.90 Å². The van der Waals surface area contributed by atoms with Gasteiger partial charge in [-0.1, -0.05) is 18.2 Å². The Hall–Kier alpha value is -2.87. The lowest BCUT2D eigenvalue weighted by Crippen LogP contribution is -2.47. The Kier molecular flexibility index (Phi) is 9.49. The molecule has 0 bridgehead atoms. The third-order valence-electron chi connectivity index (χ3n) is 6.77. The molecule has 3 aromatic rings. The van der Waals surface area contributed by atoms with E-state index in [9.17, 15) is 4.79 Å². The van der Waals surface area contributed by atoms with E-state index in [1.54, 1.807) is 18.2 Å². The van der Waals surface area contributed by atoms with Crippen molar-refractivity contribution in [3.05, 3.63) is 59.8 Å². The molecule has 0 fully saturated rings. The van der Waals surface area contributed by atoms with E-state index in [4.69, 9.17) is 17.2 Å². The van der Waals surface area contributed by atoms with Crippen molar-refractivity contribution in [3.8, 4) is 0 Å². The van der Waals surface area contributed by atoms with Crippen LogP contribution < -0.4 is 17.2 Å². The molecule has 7 nitrogen and oxygen atoms in total. The summed E-state index contributed by atoms with van der Waals surface area (Å²) in [5.74, 6) is 0.210. The van der Waals surface area contributed by atoms with Gasteiger partial charge >= 0.3 is 0 Å². The molecule has 0 spiro atoms. The largest absolute Gasteiger partial charge is 0.399 e. The van der Waals surface area contributed by atoms with Gasteiger partial charge in [0.05, 0.1) is 17.3 Å². The van der Waals surface area contributed by atoms with Gasteiger partial charge < -0.3 is 27.1 Å². The van der Waals surface area contributed by atoms with E-state index in [1.165, 1.54) is 27.6 Å². The molecular weight excluding hydrogens is 483 g/mol. The molecule has 0 radical (unpaired) electrons. The number of carbonyl (C=O) groups is 1. The van der Waals surface area contributed by atoms with Crippen molar-refractivity contribution < 1.29 is 4.79 Å². The Morgan fingerprint density at radius 1 is 1.09 bits per heavy atom. The van der Waals surface area contributed by atoms with E-state index in [-0.39, 0.29) is 36.6 Å². The first kappa shape index (κ1) is 28.4. The molecule has 0 saturated heterocycles. The smallest absolute Gasteiger partial charge is 0.230 e. The molecule has 35 heavy (non-hydrogen) atoms. The number of nitrogen functional groups attached to an aromatic ring is 3. The molecule has 2 aliphatic rings. The fourth-order valence-electron chi connectivity index (χ4n) is 4.97. The third kappa shape index (κ3) is 5.53. The fourth-order valence-corrected chi connectivity index (χ4v) is 4.97. The van der Waals surface area contributed by atoms with Gasteiger partial charge in [0.15, 0.2) is 0 Å². The minimum absolute atomic E-state index is 0. The number of hydrogen-bond donors (Lipinski definition) is 4. The zero-order valence-corrected chi connectivity index (χ0v) is 22.1. The summed E-state index contributed by atoms with van der Waals surface area (Å²) in [7, 11) is 2.15. The molecule has 0 unspecified atom stereocenters. The standard InChI is InChI=1S/C20H25N3O.C6H9N3.2ClH/c1-4-23(5-2)20(24)14-9-16-15-7-6-8-17-19(15)13(11-21-17)10-18(16)22(3)12-14;7-4-1-2-5(8)6(9)3-4;;/h6-9,11,14,18,21H,4-5,10,12H2,1-3H3;1-3H,7-9H2;2*1H/t14-,18-;;;/m1.../s1. The van der Waals surface area contributed by atoms with Crippen LogP contribution in [0.15, 0.2) is 48.7 Å². The number of halogens is 2. The second-order valence-corrected chi connectivity index (χ2v) is 8.83. The van der Waals surface area contributed by atoms with Gasteiger partial charge in [0.1, 0.15) is 0 Å². The van der Waals surface area contributed by atoms with Crippen molar-refractivity contribution in [3.63, 3.8) is 0 Å². The number of nitrogens with two attached hydrogens (primary N) is 3. The maximum atomic E-state index is 12.9. The summed E-state index contributed by atoms with van der Waals surface area (Å²) in [4.78, 5) is 20.6. The molecule has 7 N–H and O–H groups in total. The SMILES string of the molecule is CCN(CC)C(=O)[C@@H]1C=C2c3cccc4[nH]cc(c34)C[C@H]2N(C)C1.Cl.Cl.Nc1ccc(N)c(N)c1. The highest BCUT2D eigenvalue weighted by Crippen LogP contribution is 2.40. The number of nitrogens with one attached hydrogen (secondary N) is 1. The van der Waals surface area contributed by atoms with Crippen LogP contribution in [-0.2, 0) is 11.2 Å². The predicted molar refractivity (Wildman–Crippen MR) is 152 cm³/mol. The third-order valence-corrected chi connectivity index (χ3v) is 6.77. The second-order valence-electron chi connectivity index (χ2n) is 8.83. The molecule has 2 atom stereocenters. The quantitative estimate of drug-likeness (QED) is 0.388. The molecule has 5 rings (SSSR count). The number of anilines is 3. The predicted octanol–water partition coefficient (Wildman–Crippen LogP) is 4.18. The zero-order valence-electron chi connectivity index (χ0n) is 20.5. The number of rotatable bonds is 3. The van der Waals surface area contributed by atoms with Crippen LogP contribution in [0.25, 0.3) is 16.5 Å². The fraction of sp³-hybridized carbons (Fsp3) is 0.346. The Morgan fingerprint density at radius 3 is 2.43 bits per heavy atom. The summed E-state index contributed by atoms with van der Waals surface area (Å²) in [6, 6.07) is 11.9. The van der Waals surface area contributed by atoms with Crippen LogP contribution >= 0.6 is 24.8 Å². The Labute approximate surface area is 219 Å². The molecule has 1 aliphatic heterocycles. The highest BCUT2D eigenvalue weighted by molar-refractivity contribution is 5.99. The van der Waals surface area contributed by atoms with E-state index >= 15 is 0 Å². The summed E-state index contributed by atoms with van der Waals surface area (Å²) in [5, 5.41) is 1.34. The normalized spacial score (nSPS) is 18.2. The average molecular weight is 520 g/mol. The number of fused-ring (bicyclic) bond motifs is 2. The molecule has 1 amide bonds. The highest BCUT2D eigenvalue weighted by atomic mass is 35.5. The number of carbonyl (C=O) groups excluding carboxylic acids is 1. The topological polar surface area (TPSA) is 117 Å². The number of H-pyrrole nitrogens is 1. The van der Waals surface area contributed by atoms with E-state index in [0.29, 0.717) is 23.1 Å². The van der Waals surface area contributed by atoms with E-state index < -0.39 is 0 Å². The van der Waals surface area contributed by atoms with Gasteiger partial charge in [0.25, 0.3) is 0 Å². The zero-order chi connectivity index (χ0) is 23.7. The number of aromatic amines is 1. The van der Waals surface area contributed by atoms with Crippen molar-refractivity contribution >= 4 is 64.3 Å². The molecule has 2 heterocycles. The Balaban J connectivity index is 0.000000336.